The van der Waals surface area contributed by atoms with Gasteiger partial charge in [0.05, 0.1) is 0 Å². The number of aliphatic carboxylic acids is 1. The van der Waals surface area contributed by atoms with Crippen molar-refractivity contribution in [1.82, 2.24) is 4.90 Å². The average molecular weight is 500 g/mol. The van der Waals surface area contributed by atoms with Gasteiger partial charge in [0.1, 0.15) is 5.75 Å². The molecule has 37 heavy (non-hydrogen) atoms. The van der Waals surface area contributed by atoms with Gasteiger partial charge in [-0.25, -0.2) is 4.79 Å². The lowest BCUT2D eigenvalue weighted by molar-refractivity contribution is -0.145. The molecular weight excluding hydrogens is 462 g/mol. The van der Waals surface area contributed by atoms with Gasteiger partial charge in [0.15, 0.2) is 6.10 Å². The summed E-state index contributed by atoms with van der Waals surface area (Å²) in [5, 5.41) is 9.27. The summed E-state index contributed by atoms with van der Waals surface area (Å²) in [6.07, 6.45) is 5.35. The zero-order valence-corrected chi connectivity index (χ0v) is 21.8. The first-order valence-electron chi connectivity index (χ1n) is 13.0. The second-order valence-corrected chi connectivity index (χ2v) is 9.09. The number of carboxylic acids is 1. The number of hydrogen-bond donors (Lipinski definition) is 1. The van der Waals surface area contributed by atoms with Crippen LogP contribution in [0.15, 0.2) is 97.1 Å². The molecule has 0 aliphatic rings. The second-order valence-electron chi connectivity index (χ2n) is 9.09. The average Bonchev–Trinajstić information content (AvgIpc) is 2.92. The number of ether oxygens (including phenoxy) is 1. The van der Waals surface area contributed by atoms with Gasteiger partial charge in [0.2, 0.25) is 5.91 Å². The van der Waals surface area contributed by atoms with Crippen LogP contribution in [0.5, 0.6) is 5.75 Å². The number of aryl methyl sites for hydroxylation is 1. The molecule has 0 spiro atoms. The summed E-state index contributed by atoms with van der Waals surface area (Å²) < 4.78 is 5.64. The molecule has 3 rings (SSSR count). The monoisotopic (exact) mass is 499 g/mol. The Morgan fingerprint density at radius 1 is 0.919 bits per heavy atom. The largest absolute Gasteiger partial charge is 0.479 e. The molecular formula is C32H37NO4. The van der Waals surface area contributed by atoms with E-state index in [-0.39, 0.29) is 11.8 Å². The van der Waals surface area contributed by atoms with E-state index < -0.39 is 12.1 Å². The Labute approximate surface area is 220 Å². The summed E-state index contributed by atoms with van der Waals surface area (Å²) in [5.41, 5.74) is 3.55. The van der Waals surface area contributed by atoms with Crippen molar-refractivity contribution in [3.63, 3.8) is 0 Å². The van der Waals surface area contributed by atoms with Crippen LogP contribution in [0.3, 0.4) is 0 Å². The molecule has 1 atom stereocenters. The Morgan fingerprint density at radius 2 is 1.57 bits per heavy atom. The van der Waals surface area contributed by atoms with Gasteiger partial charge in [0.25, 0.3) is 0 Å². The van der Waals surface area contributed by atoms with Crippen LogP contribution in [0.2, 0.25) is 0 Å². The number of nitrogens with zero attached hydrogens (tertiary/aromatic N) is 1. The zero-order valence-electron chi connectivity index (χ0n) is 21.8. The van der Waals surface area contributed by atoms with Crippen molar-refractivity contribution >= 4 is 11.9 Å². The molecule has 0 fully saturated rings. The van der Waals surface area contributed by atoms with Crippen LogP contribution in [0, 0.1) is 0 Å². The van der Waals surface area contributed by atoms with Gasteiger partial charge in [-0.15, -0.1) is 0 Å². The Balaban J connectivity index is 1.66. The fourth-order valence-corrected chi connectivity index (χ4v) is 4.48. The fourth-order valence-electron chi connectivity index (χ4n) is 4.48. The smallest absolute Gasteiger partial charge is 0.344 e. The van der Waals surface area contributed by atoms with Crippen LogP contribution < -0.4 is 4.74 Å². The first kappa shape index (κ1) is 27.7. The van der Waals surface area contributed by atoms with Crippen molar-refractivity contribution in [2.24, 2.45) is 0 Å². The van der Waals surface area contributed by atoms with Gasteiger partial charge in [-0.2, -0.15) is 0 Å². The molecule has 0 saturated heterocycles. The first-order valence-corrected chi connectivity index (χ1v) is 13.0. The number of carbonyl (C=O) groups is 2. The van der Waals surface area contributed by atoms with Crippen LogP contribution in [0.25, 0.3) is 0 Å². The number of carbonyl (C=O) groups excluding carboxylic acids is 1. The van der Waals surface area contributed by atoms with Crippen molar-refractivity contribution in [2.45, 2.75) is 51.6 Å². The lowest BCUT2D eigenvalue weighted by atomic mass is 9.88. The number of amides is 1. The summed E-state index contributed by atoms with van der Waals surface area (Å²) in [4.78, 5) is 26.1. The Morgan fingerprint density at radius 3 is 2.14 bits per heavy atom. The highest BCUT2D eigenvalue weighted by Crippen LogP contribution is 2.28. The molecule has 3 aromatic carbocycles. The summed E-state index contributed by atoms with van der Waals surface area (Å²) in [6.45, 7) is 4.94. The number of allylic oxidation sites excluding steroid dienone is 1. The number of benzene rings is 3. The minimum atomic E-state index is -0.963. The standard InChI is InChI=1S/C32H37NO4/c1-3-13-31(34)33(22-12-15-25-14-11-20-28(24-25)37-30(4-2)32(35)36)23-21-29(26-16-7-5-8-17-26)27-18-9-6-10-19-27/h3,5-11,13-14,16-20,24,29-30H,4,12,15,21-23H2,1-2H3,(H,35,36). The summed E-state index contributed by atoms with van der Waals surface area (Å²) in [7, 11) is 0. The van der Waals surface area contributed by atoms with Crippen LogP contribution in [-0.2, 0) is 16.0 Å². The third-order valence-electron chi connectivity index (χ3n) is 6.43. The first-order chi connectivity index (χ1) is 18.0. The zero-order chi connectivity index (χ0) is 26.5. The maximum atomic E-state index is 12.9. The molecule has 0 bridgehead atoms. The minimum Gasteiger partial charge on any atom is -0.479 e. The molecule has 1 N–H and O–H groups in total. The van der Waals surface area contributed by atoms with E-state index in [4.69, 9.17) is 4.74 Å². The summed E-state index contributed by atoms with van der Waals surface area (Å²) in [5.74, 6) is -0.179. The summed E-state index contributed by atoms with van der Waals surface area (Å²) in [6, 6.07) is 28.5. The van der Waals surface area contributed by atoms with E-state index in [1.807, 2.05) is 42.2 Å². The topological polar surface area (TPSA) is 66.8 Å². The molecule has 0 aliphatic heterocycles. The predicted molar refractivity (Wildman–Crippen MR) is 148 cm³/mol. The highest BCUT2D eigenvalue weighted by Gasteiger charge is 2.19. The van der Waals surface area contributed by atoms with Gasteiger partial charge in [-0.05, 0) is 67.5 Å². The van der Waals surface area contributed by atoms with Crippen LogP contribution in [0.1, 0.15) is 55.7 Å². The van der Waals surface area contributed by atoms with E-state index in [1.54, 1.807) is 25.1 Å². The molecule has 0 radical (unpaired) electrons. The SMILES string of the molecule is CC=CC(=O)N(CCCc1cccc(OC(CC)C(=O)O)c1)CCC(c1ccccc1)c1ccccc1. The third-order valence-corrected chi connectivity index (χ3v) is 6.43. The Bertz CT molecular complexity index is 1100. The van der Waals surface area contributed by atoms with Crippen molar-refractivity contribution in [1.29, 1.82) is 0 Å². The van der Waals surface area contributed by atoms with E-state index in [1.165, 1.54) is 11.1 Å². The molecule has 0 aromatic heterocycles. The molecule has 0 saturated carbocycles. The predicted octanol–water partition coefficient (Wildman–Crippen LogP) is 6.49. The second kappa shape index (κ2) is 14.6. The molecule has 0 aliphatic carbocycles. The van der Waals surface area contributed by atoms with Crippen LogP contribution >= 0.6 is 0 Å². The quantitative estimate of drug-likeness (QED) is 0.258. The maximum Gasteiger partial charge on any atom is 0.344 e. The third kappa shape index (κ3) is 8.64. The van der Waals surface area contributed by atoms with Gasteiger partial charge in [0, 0.05) is 19.0 Å². The fraction of sp³-hybridized carbons (Fsp3) is 0.312. The molecule has 1 amide bonds. The number of carboxylic acid groups (broad SMARTS) is 1. The van der Waals surface area contributed by atoms with Crippen molar-refractivity contribution < 1.29 is 19.4 Å². The molecule has 194 valence electrons. The van der Waals surface area contributed by atoms with Crippen LogP contribution in [0.4, 0.5) is 0 Å². The highest BCUT2D eigenvalue weighted by molar-refractivity contribution is 5.87. The van der Waals surface area contributed by atoms with E-state index in [2.05, 4.69) is 48.5 Å². The van der Waals surface area contributed by atoms with E-state index in [9.17, 15) is 14.7 Å². The maximum absolute atomic E-state index is 12.9. The molecule has 1 unspecified atom stereocenters. The number of hydrogen-bond acceptors (Lipinski definition) is 3. The minimum absolute atomic E-state index is 0.0201. The molecule has 5 nitrogen and oxygen atoms in total. The Hall–Kier alpha value is -3.86. The normalized spacial score (nSPS) is 12.0. The van der Waals surface area contributed by atoms with Gasteiger partial charge < -0.3 is 14.7 Å². The Kier molecular flexibility index (Phi) is 11.0. The lowest BCUT2D eigenvalue weighted by Crippen LogP contribution is -2.32. The molecule has 3 aromatic rings. The van der Waals surface area contributed by atoms with E-state index in [0.717, 1.165) is 24.8 Å². The summed E-state index contributed by atoms with van der Waals surface area (Å²) >= 11 is 0. The van der Waals surface area contributed by atoms with Crippen molar-refractivity contribution in [3.05, 3.63) is 114 Å². The van der Waals surface area contributed by atoms with Gasteiger partial charge in [-0.1, -0.05) is 85.8 Å². The lowest BCUT2D eigenvalue weighted by Gasteiger charge is -2.25. The van der Waals surface area contributed by atoms with Gasteiger partial charge in [-0.3, -0.25) is 4.79 Å². The van der Waals surface area contributed by atoms with E-state index in [0.29, 0.717) is 25.3 Å². The molecule has 0 heterocycles. The number of rotatable bonds is 14. The van der Waals surface area contributed by atoms with Crippen molar-refractivity contribution in [2.75, 3.05) is 13.1 Å². The van der Waals surface area contributed by atoms with Crippen molar-refractivity contribution in [3.8, 4) is 5.75 Å². The van der Waals surface area contributed by atoms with E-state index >= 15 is 0 Å². The highest BCUT2D eigenvalue weighted by atomic mass is 16.5. The van der Waals surface area contributed by atoms with Crippen LogP contribution in [-0.4, -0.2) is 41.1 Å². The van der Waals surface area contributed by atoms with Gasteiger partial charge >= 0.3 is 5.97 Å². The molecule has 5 heteroatoms.